The van der Waals surface area contributed by atoms with Gasteiger partial charge in [0.15, 0.2) is 12.4 Å². The zero-order chi connectivity index (χ0) is 51.2. The van der Waals surface area contributed by atoms with E-state index < -0.39 is 120 Å². The fraction of sp³-hybridized carbons (Fsp3) is 0.830. The molecule has 1 fully saturated rings. The van der Waals surface area contributed by atoms with E-state index >= 15 is 0 Å². The van der Waals surface area contributed by atoms with Gasteiger partial charge in [-0.1, -0.05) is 121 Å². The monoisotopic (exact) mass is 1030 g/mol. The van der Waals surface area contributed by atoms with Gasteiger partial charge in [-0.3, -0.25) is 23.2 Å². The Morgan fingerprint density at radius 3 is 2.13 bits per heavy atom. The maximum Gasteiger partial charge on any atom is 0.472 e. The summed E-state index contributed by atoms with van der Waals surface area (Å²) in [5, 5.41) is 78.9. The fourth-order valence-corrected chi connectivity index (χ4v) is 9.53. The van der Waals surface area contributed by atoms with Crippen molar-refractivity contribution < 1.29 is 96.9 Å². The maximum atomic E-state index is 13.7. The van der Waals surface area contributed by atoms with Crippen molar-refractivity contribution in [1.29, 1.82) is 0 Å². The molecule has 0 aromatic heterocycles. The van der Waals surface area contributed by atoms with Crippen LogP contribution in [-0.4, -0.2) is 143 Å². The third-order valence-corrected chi connectivity index (χ3v) is 13.5. The molecule has 0 spiro atoms. The highest BCUT2D eigenvalue weighted by Crippen LogP contribution is 2.49. The number of rotatable bonds is 25. The molecule has 2 heterocycles. The molecule has 2 aliphatic rings. The summed E-state index contributed by atoms with van der Waals surface area (Å²) < 4.78 is 57.7. The molecule has 2 rings (SSSR count). The van der Waals surface area contributed by atoms with Crippen molar-refractivity contribution in [3.63, 3.8) is 0 Å². The Kier molecular flexibility index (Phi) is 32.3. The quantitative estimate of drug-likeness (QED) is 0.0230. The predicted molar refractivity (Wildman–Crippen MR) is 254 cm³/mol. The molecule has 69 heavy (non-hydrogen) atoms. The molecule has 1 saturated heterocycles. The molecule has 2 unspecified atom stereocenters. The number of cyclic esters (lactones) is 1. The lowest BCUT2D eigenvalue weighted by molar-refractivity contribution is -0.210. The van der Waals surface area contributed by atoms with Crippen molar-refractivity contribution in [1.82, 2.24) is 0 Å². The van der Waals surface area contributed by atoms with Gasteiger partial charge in [0.1, 0.15) is 43.2 Å². The van der Waals surface area contributed by atoms with Gasteiger partial charge in [-0.15, -0.1) is 0 Å². The lowest BCUT2D eigenvalue weighted by Crippen LogP contribution is -2.58. The third kappa shape index (κ3) is 27.6. The smallest absolute Gasteiger partial charge is 0.462 e. The highest BCUT2D eigenvalue weighted by molar-refractivity contribution is 7.47. The van der Waals surface area contributed by atoms with Gasteiger partial charge in [0.25, 0.3) is 0 Å². The first-order chi connectivity index (χ1) is 32.8. The van der Waals surface area contributed by atoms with Gasteiger partial charge >= 0.3 is 27.6 Å². The van der Waals surface area contributed by atoms with Crippen LogP contribution in [0, 0.1) is 5.92 Å². The number of carbonyl (C=O) groups is 2. The summed E-state index contributed by atoms with van der Waals surface area (Å²) in [6.07, 6.45) is 1.95. The number of phosphoric acid groups is 2. The van der Waals surface area contributed by atoms with Crippen molar-refractivity contribution in [2.45, 2.75) is 229 Å². The van der Waals surface area contributed by atoms with Crippen molar-refractivity contribution in [3.8, 4) is 0 Å². The Morgan fingerprint density at radius 1 is 0.855 bits per heavy atom. The van der Waals surface area contributed by atoms with Crippen LogP contribution in [-0.2, 0) is 46.5 Å². The Morgan fingerprint density at radius 2 is 1.48 bits per heavy atom. The number of hydrogen-bond donors (Lipinski definition) is 10. The first-order valence-electron chi connectivity index (χ1n) is 24.9. The van der Waals surface area contributed by atoms with Crippen LogP contribution in [0.25, 0.3) is 0 Å². The van der Waals surface area contributed by atoms with Gasteiger partial charge in [0.2, 0.25) is 0 Å². The van der Waals surface area contributed by atoms with E-state index in [9.17, 15) is 69.1 Å². The number of aliphatic hydroxyl groups is 7. The van der Waals surface area contributed by atoms with Crippen LogP contribution in [0.5, 0.6) is 0 Å². The highest BCUT2D eigenvalue weighted by atomic mass is 31.2. The molecule has 402 valence electrons. The van der Waals surface area contributed by atoms with Crippen LogP contribution in [0.3, 0.4) is 0 Å². The number of esters is 2. The first-order valence-corrected chi connectivity index (χ1v) is 28.0. The highest BCUT2D eigenvalue weighted by Gasteiger charge is 2.50. The molecule has 13 atom stereocenters. The number of aliphatic hydroxyl groups excluding tert-OH is 7. The third-order valence-electron chi connectivity index (χ3n) is 12.0. The number of fused-ring (bicyclic) bond motifs is 4. The van der Waals surface area contributed by atoms with Crippen molar-refractivity contribution in [2.24, 2.45) is 5.92 Å². The number of unbranched alkanes of at least 4 members (excludes halogenated alkanes) is 13. The summed E-state index contributed by atoms with van der Waals surface area (Å²) in [5.74, 6) is -2.86. The molecule has 0 radical (unpaired) electrons. The summed E-state index contributed by atoms with van der Waals surface area (Å²) in [6.45, 7) is 2.52. The van der Waals surface area contributed by atoms with Crippen LogP contribution in [0.1, 0.15) is 162 Å². The minimum absolute atomic E-state index is 0.0438. The number of phosphoric ester groups is 2. The molecular weight excluding hydrogens is 946 g/mol. The lowest BCUT2D eigenvalue weighted by atomic mass is 9.83. The molecule has 2 aliphatic heterocycles. The number of hydrogen-bond acceptors (Lipinski definition) is 17. The topological polar surface area (TPSA) is 326 Å². The molecule has 10 N–H and O–H groups in total. The summed E-state index contributed by atoms with van der Waals surface area (Å²) in [7, 11) is -11.5. The van der Waals surface area contributed by atoms with Gasteiger partial charge in [-0.25, -0.2) is 9.13 Å². The SMILES string of the molecule is CCCCCC/C=C\CCCCCCCCCC(=O)OC[C@@H]1COP(=O)(O)O[C@H]2[C@H](O)[C@@H](O)[C@H](O)[C@@H](C/C=C\CCCC(=O)O1)[C@@H](O)CC(O)O[C@H](C=C[C@@H](O)CCCCC)[C@@H](O)[C@H]2OP(=O)(O)O. The second kappa shape index (κ2) is 35.3. The van der Waals surface area contributed by atoms with Crippen molar-refractivity contribution in [2.75, 3.05) is 13.2 Å². The minimum Gasteiger partial charge on any atom is -0.462 e. The normalized spacial score (nSPS) is 31.7. The Bertz CT molecular complexity index is 1590. The van der Waals surface area contributed by atoms with Gasteiger partial charge in [0.05, 0.1) is 24.9 Å². The van der Waals surface area contributed by atoms with E-state index in [4.69, 9.17) is 27.8 Å². The van der Waals surface area contributed by atoms with E-state index in [0.29, 0.717) is 12.8 Å². The average molecular weight is 1030 g/mol. The number of ether oxygens (including phenoxy) is 3. The molecule has 2 bridgehead atoms. The van der Waals surface area contributed by atoms with Crippen molar-refractivity contribution >= 4 is 27.6 Å². The van der Waals surface area contributed by atoms with E-state index in [-0.39, 0.29) is 38.5 Å². The molecular formula is C47H84O20P2. The van der Waals surface area contributed by atoms with Crippen LogP contribution in [0.15, 0.2) is 36.5 Å². The zero-order valence-electron chi connectivity index (χ0n) is 40.5. The zero-order valence-corrected chi connectivity index (χ0v) is 42.3. The van der Waals surface area contributed by atoms with Crippen LogP contribution < -0.4 is 0 Å². The predicted octanol–water partition coefficient (Wildman–Crippen LogP) is 5.61. The van der Waals surface area contributed by atoms with E-state index in [1.165, 1.54) is 31.8 Å². The van der Waals surface area contributed by atoms with E-state index in [2.05, 4.69) is 19.1 Å². The van der Waals surface area contributed by atoms with Crippen LogP contribution in [0.4, 0.5) is 0 Å². The largest absolute Gasteiger partial charge is 0.472 e. The van der Waals surface area contributed by atoms with Crippen LogP contribution in [0.2, 0.25) is 0 Å². The standard InChI is InChI=1S/C47H84O20P2/c1-3-5-7-8-9-10-11-12-13-14-15-16-17-18-23-27-39(50)62-32-35-33-63-69(60,61)67-47-45(56)44(55)42(53)36(26-22-19-20-24-28-40(51)64-35)37(49)31-41(52)65-38(30-29-34(48)25-21-6-4-2)43(54)46(47)66-68(57,58)59/h10-11,19,22,29-30,34-38,41-49,52-56H,3-9,12-18,20-21,23-28,31-33H2,1-2H3,(H,60,61)(H2,57,58,59)/b11-10-,22-19-,30-29?/t34-,35+,36-,37-,38+,41?,42+,43+,44-,45+,46+,47-/m0/s1. The molecule has 0 aromatic rings. The van der Waals surface area contributed by atoms with Crippen molar-refractivity contribution in [3.05, 3.63) is 36.5 Å². The Labute approximate surface area is 407 Å². The Hall–Kier alpha value is -1.94. The first kappa shape index (κ1) is 63.2. The molecule has 0 amide bonds. The second-order valence-corrected chi connectivity index (χ2v) is 20.7. The molecule has 0 aromatic carbocycles. The van der Waals surface area contributed by atoms with E-state index in [1.54, 1.807) is 6.08 Å². The Balaban J connectivity index is 2.31. The average Bonchev–Trinajstić information content (AvgIpc) is 3.29. The maximum absolute atomic E-state index is 13.7. The molecule has 20 nitrogen and oxygen atoms in total. The molecule has 0 aliphatic carbocycles. The molecule has 0 saturated carbocycles. The van der Waals surface area contributed by atoms with Crippen LogP contribution >= 0.6 is 15.6 Å². The number of allylic oxidation sites excluding steroid dienone is 4. The van der Waals surface area contributed by atoms with E-state index in [0.717, 1.165) is 76.4 Å². The van der Waals surface area contributed by atoms with E-state index in [1.807, 2.05) is 6.92 Å². The lowest BCUT2D eigenvalue weighted by Gasteiger charge is -2.41. The molecule has 22 heteroatoms. The summed E-state index contributed by atoms with van der Waals surface area (Å²) in [6, 6.07) is 0. The summed E-state index contributed by atoms with van der Waals surface area (Å²) in [5.41, 5.74) is 0. The van der Waals surface area contributed by atoms with Gasteiger partial charge in [-0.2, -0.15) is 0 Å². The number of carbonyl (C=O) groups excluding carboxylic acids is 2. The second-order valence-electron chi connectivity index (χ2n) is 18.1. The summed E-state index contributed by atoms with van der Waals surface area (Å²) >= 11 is 0. The fourth-order valence-electron chi connectivity index (χ4n) is 8.00. The summed E-state index contributed by atoms with van der Waals surface area (Å²) in [4.78, 5) is 56.7. The van der Waals surface area contributed by atoms with Gasteiger partial charge in [0, 0.05) is 25.2 Å². The van der Waals surface area contributed by atoms with Gasteiger partial charge in [-0.05, 0) is 57.8 Å². The minimum atomic E-state index is -5.79. The van der Waals surface area contributed by atoms with Gasteiger partial charge < -0.3 is 64.6 Å².